The van der Waals surface area contributed by atoms with Gasteiger partial charge in [-0.15, -0.1) is 0 Å². The average molecular weight is 509 g/mol. The van der Waals surface area contributed by atoms with Crippen molar-refractivity contribution in [2.75, 3.05) is 5.32 Å². The molecule has 4 rings (SSSR count). The molecule has 0 bridgehead atoms. The highest BCUT2D eigenvalue weighted by Gasteiger charge is 2.42. The topological polar surface area (TPSA) is 97.1 Å². The van der Waals surface area contributed by atoms with Crippen molar-refractivity contribution < 1.29 is 27.9 Å². The molecule has 0 radical (unpaired) electrons. The first-order valence-corrected chi connectivity index (χ1v) is 10.3. The van der Waals surface area contributed by atoms with E-state index in [4.69, 9.17) is 23.2 Å². The maximum atomic E-state index is 14.3. The molecule has 0 unspecified atom stereocenters. The standard InChI is InChI=1S/C22H13Cl2F3N4O3/c23-12-3-2-11(15(24)8-12)10-31-16-5-4-13(32)9-14(16)17(19(31)22(25,26)27)18(33)20(34)30-21-28-6-1-7-29-21/h1-9,32H,10H2,(H,28,29,30,34). The number of phenols is 1. The van der Waals surface area contributed by atoms with Crippen LogP contribution in [0.15, 0.2) is 54.9 Å². The van der Waals surface area contributed by atoms with Gasteiger partial charge in [-0.05, 0) is 42.0 Å². The van der Waals surface area contributed by atoms with Crippen LogP contribution in [0, 0.1) is 0 Å². The van der Waals surface area contributed by atoms with Crippen LogP contribution in [0.1, 0.15) is 21.6 Å². The summed E-state index contributed by atoms with van der Waals surface area (Å²) in [6, 6.07) is 9.14. The molecule has 12 heteroatoms. The Bertz CT molecular complexity index is 1420. The first-order valence-electron chi connectivity index (χ1n) is 9.55. The average Bonchev–Trinajstić information content (AvgIpc) is 3.09. The molecule has 2 N–H and O–H groups in total. The Hall–Kier alpha value is -3.63. The van der Waals surface area contributed by atoms with Crippen LogP contribution in [0.5, 0.6) is 5.75 Å². The predicted molar refractivity (Wildman–Crippen MR) is 119 cm³/mol. The Morgan fingerprint density at radius 1 is 1.06 bits per heavy atom. The minimum Gasteiger partial charge on any atom is -0.508 e. The molecule has 4 aromatic rings. The Morgan fingerprint density at radius 2 is 1.76 bits per heavy atom. The van der Waals surface area contributed by atoms with Gasteiger partial charge in [-0.1, -0.05) is 29.3 Å². The Labute approximate surface area is 199 Å². The van der Waals surface area contributed by atoms with Crippen molar-refractivity contribution in [1.29, 1.82) is 0 Å². The Morgan fingerprint density at radius 3 is 2.41 bits per heavy atom. The van der Waals surface area contributed by atoms with E-state index < -0.39 is 29.1 Å². The molecule has 2 aromatic carbocycles. The molecule has 7 nitrogen and oxygen atoms in total. The van der Waals surface area contributed by atoms with E-state index in [1.165, 1.54) is 48.8 Å². The number of phenolic OH excluding ortho intramolecular Hbond substituents is 1. The zero-order chi connectivity index (χ0) is 24.6. The maximum absolute atomic E-state index is 14.3. The van der Waals surface area contributed by atoms with Crippen molar-refractivity contribution in [3.05, 3.63) is 81.7 Å². The summed E-state index contributed by atoms with van der Waals surface area (Å²) < 4.78 is 43.8. The van der Waals surface area contributed by atoms with E-state index in [9.17, 15) is 27.9 Å². The molecular weight excluding hydrogens is 496 g/mol. The molecule has 0 aliphatic heterocycles. The van der Waals surface area contributed by atoms with E-state index in [2.05, 4.69) is 15.3 Å². The number of ketones is 1. The number of fused-ring (bicyclic) bond motifs is 1. The predicted octanol–water partition coefficient (Wildman–Crippen LogP) is 5.33. The lowest BCUT2D eigenvalue weighted by molar-refractivity contribution is -0.143. The molecule has 0 aliphatic rings. The minimum atomic E-state index is -5.04. The molecule has 0 atom stereocenters. The lowest BCUT2D eigenvalue weighted by Crippen LogP contribution is -2.27. The van der Waals surface area contributed by atoms with Crippen molar-refractivity contribution in [2.24, 2.45) is 0 Å². The summed E-state index contributed by atoms with van der Waals surface area (Å²) in [6.45, 7) is -0.386. The van der Waals surface area contributed by atoms with Gasteiger partial charge in [0.2, 0.25) is 5.95 Å². The number of nitrogens with one attached hydrogen (secondary N) is 1. The van der Waals surface area contributed by atoms with Gasteiger partial charge in [-0.2, -0.15) is 13.2 Å². The monoisotopic (exact) mass is 508 g/mol. The van der Waals surface area contributed by atoms with Crippen LogP contribution in [-0.4, -0.2) is 31.3 Å². The molecule has 2 heterocycles. The highest BCUT2D eigenvalue weighted by Crippen LogP contribution is 2.40. The second kappa shape index (κ2) is 8.96. The maximum Gasteiger partial charge on any atom is 0.432 e. The van der Waals surface area contributed by atoms with Crippen molar-refractivity contribution in [3.63, 3.8) is 0 Å². The zero-order valence-electron chi connectivity index (χ0n) is 16.9. The van der Waals surface area contributed by atoms with Crippen LogP contribution in [-0.2, 0) is 17.5 Å². The third-order valence-corrected chi connectivity index (χ3v) is 5.47. The lowest BCUT2D eigenvalue weighted by Gasteiger charge is -2.15. The second-order valence-electron chi connectivity index (χ2n) is 7.10. The van der Waals surface area contributed by atoms with E-state index >= 15 is 0 Å². The molecule has 34 heavy (non-hydrogen) atoms. The third-order valence-electron chi connectivity index (χ3n) is 4.88. The highest BCUT2D eigenvalue weighted by atomic mass is 35.5. The molecular formula is C22H13Cl2F3N4O3. The zero-order valence-corrected chi connectivity index (χ0v) is 18.4. The Balaban J connectivity index is 1.91. The van der Waals surface area contributed by atoms with Gasteiger partial charge in [-0.3, -0.25) is 14.9 Å². The number of halogens is 5. The summed E-state index contributed by atoms with van der Waals surface area (Å²) in [7, 11) is 0. The van der Waals surface area contributed by atoms with Gasteiger partial charge in [0.1, 0.15) is 11.4 Å². The van der Waals surface area contributed by atoms with Gasteiger partial charge >= 0.3 is 6.18 Å². The minimum absolute atomic E-state index is 0.0387. The molecule has 0 aliphatic carbocycles. The Kier molecular flexibility index (Phi) is 6.20. The number of anilines is 1. The summed E-state index contributed by atoms with van der Waals surface area (Å²) in [5, 5.41) is 12.2. The van der Waals surface area contributed by atoms with E-state index in [0.29, 0.717) is 10.6 Å². The molecule has 0 saturated carbocycles. The summed E-state index contributed by atoms with van der Waals surface area (Å²) in [5.74, 6) is -3.49. The number of nitrogens with zero attached hydrogens (tertiary/aromatic N) is 3. The van der Waals surface area contributed by atoms with E-state index in [1.54, 1.807) is 0 Å². The highest BCUT2D eigenvalue weighted by molar-refractivity contribution is 6.48. The van der Waals surface area contributed by atoms with Crippen LogP contribution in [0.3, 0.4) is 0 Å². The largest absolute Gasteiger partial charge is 0.508 e. The number of hydrogen-bond acceptors (Lipinski definition) is 5. The van der Waals surface area contributed by atoms with Gasteiger partial charge < -0.3 is 9.67 Å². The fourth-order valence-corrected chi connectivity index (χ4v) is 3.96. The van der Waals surface area contributed by atoms with Gasteiger partial charge in [0.25, 0.3) is 11.7 Å². The quantitative estimate of drug-likeness (QED) is 0.280. The van der Waals surface area contributed by atoms with Crippen LogP contribution in [0.25, 0.3) is 10.9 Å². The molecule has 0 saturated heterocycles. The van der Waals surface area contributed by atoms with Crippen LogP contribution in [0.4, 0.5) is 19.1 Å². The van der Waals surface area contributed by atoms with Gasteiger partial charge in [0.15, 0.2) is 0 Å². The van der Waals surface area contributed by atoms with Crippen molar-refractivity contribution in [2.45, 2.75) is 12.7 Å². The number of carbonyl (C=O) groups is 2. The number of alkyl halides is 3. The third kappa shape index (κ3) is 4.55. The number of aromatic nitrogens is 3. The lowest BCUT2D eigenvalue weighted by atomic mass is 10.0. The number of rotatable bonds is 5. The fraction of sp³-hybridized carbons (Fsp3) is 0.0909. The number of aromatic hydroxyl groups is 1. The van der Waals surface area contributed by atoms with Crippen LogP contribution >= 0.6 is 23.2 Å². The van der Waals surface area contributed by atoms with Crippen LogP contribution < -0.4 is 5.32 Å². The van der Waals surface area contributed by atoms with Crippen LogP contribution in [0.2, 0.25) is 10.0 Å². The fourth-order valence-electron chi connectivity index (χ4n) is 3.49. The number of Topliss-reactive ketones (excluding diaryl/α,β-unsaturated/α-hetero) is 1. The molecule has 0 fully saturated rings. The number of carbonyl (C=O) groups excluding carboxylic acids is 2. The van der Waals surface area contributed by atoms with Gasteiger partial charge in [-0.25, -0.2) is 9.97 Å². The molecule has 2 aromatic heterocycles. The molecule has 174 valence electrons. The first kappa shape index (κ1) is 23.5. The number of benzene rings is 2. The molecule has 0 spiro atoms. The van der Waals surface area contributed by atoms with Gasteiger partial charge in [0, 0.05) is 39.9 Å². The van der Waals surface area contributed by atoms with E-state index in [1.807, 2.05) is 0 Å². The summed E-state index contributed by atoms with van der Waals surface area (Å²) in [5.41, 5.74) is -2.03. The van der Waals surface area contributed by atoms with E-state index in [0.717, 1.165) is 10.6 Å². The summed E-state index contributed by atoms with van der Waals surface area (Å²) >= 11 is 12.1. The second-order valence-corrected chi connectivity index (χ2v) is 7.94. The number of hydrogen-bond donors (Lipinski definition) is 2. The first-order chi connectivity index (χ1) is 16.1. The van der Waals surface area contributed by atoms with E-state index in [-0.39, 0.29) is 34.2 Å². The van der Waals surface area contributed by atoms with Crippen molar-refractivity contribution in [3.8, 4) is 5.75 Å². The van der Waals surface area contributed by atoms with Crippen molar-refractivity contribution in [1.82, 2.24) is 14.5 Å². The van der Waals surface area contributed by atoms with Crippen molar-refractivity contribution >= 4 is 51.7 Å². The smallest absolute Gasteiger partial charge is 0.432 e. The summed E-state index contributed by atoms with van der Waals surface area (Å²) in [4.78, 5) is 33.0. The van der Waals surface area contributed by atoms with Gasteiger partial charge in [0.05, 0.1) is 5.56 Å². The number of amides is 1. The molecule has 1 amide bonds. The summed E-state index contributed by atoms with van der Waals surface area (Å²) in [6.07, 6.45) is -2.47. The normalized spacial score (nSPS) is 11.6. The SMILES string of the molecule is O=C(Nc1ncccn1)C(=O)c1c(C(F)(F)F)n(Cc2ccc(Cl)cc2Cl)c2ccc(O)cc12.